The van der Waals surface area contributed by atoms with E-state index >= 15 is 0 Å². The molecule has 5 nitrogen and oxygen atoms in total. The zero-order valence-electron chi connectivity index (χ0n) is 11.9. The number of aromatic nitrogens is 2. The Bertz CT molecular complexity index is 540. The van der Waals surface area contributed by atoms with Gasteiger partial charge < -0.3 is 9.72 Å². The van der Waals surface area contributed by atoms with Gasteiger partial charge in [0.2, 0.25) is 0 Å². The Morgan fingerprint density at radius 1 is 1.40 bits per heavy atom. The standard InChI is InChI=1S/C14H20N2O3S/c1-9(2)7-19-12(17)8-20-14-15-11-6-4-3-5-10(11)13(18)16-14/h9H,3-8H2,1-2H3,(H,15,16,18). The van der Waals surface area contributed by atoms with Crippen molar-refractivity contribution in [3.63, 3.8) is 0 Å². The van der Waals surface area contributed by atoms with E-state index in [1.54, 1.807) is 0 Å². The fourth-order valence-electron chi connectivity index (χ4n) is 2.08. The van der Waals surface area contributed by atoms with E-state index in [0.29, 0.717) is 17.7 Å². The van der Waals surface area contributed by atoms with Crippen LogP contribution in [0, 0.1) is 5.92 Å². The molecule has 2 rings (SSSR count). The van der Waals surface area contributed by atoms with Gasteiger partial charge in [-0.1, -0.05) is 25.6 Å². The lowest BCUT2D eigenvalue weighted by molar-refractivity contribution is -0.141. The summed E-state index contributed by atoms with van der Waals surface area (Å²) in [7, 11) is 0. The molecule has 0 radical (unpaired) electrons. The van der Waals surface area contributed by atoms with Crippen molar-refractivity contribution in [1.29, 1.82) is 0 Å². The second-order valence-corrected chi connectivity index (χ2v) is 6.33. The highest BCUT2D eigenvalue weighted by atomic mass is 32.2. The molecule has 0 saturated carbocycles. The molecule has 6 heteroatoms. The van der Waals surface area contributed by atoms with Gasteiger partial charge in [-0.3, -0.25) is 9.59 Å². The van der Waals surface area contributed by atoms with E-state index in [1.165, 1.54) is 11.8 Å². The summed E-state index contributed by atoms with van der Waals surface area (Å²) in [5.74, 6) is 0.226. The van der Waals surface area contributed by atoms with E-state index in [9.17, 15) is 9.59 Å². The average Bonchev–Trinajstić information content (AvgIpc) is 2.43. The Labute approximate surface area is 122 Å². The van der Waals surface area contributed by atoms with E-state index in [1.807, 2.05) is 13.8 Å². The van der Waals surface area contributed by atoms with Gasteiger partial charge in [0.15, 0.2) is 5.16 Å². The molecule has 1 aliphatic rings. The van der Waals surface area contributed by atoms with Gasteiger partial charge >= 0.3 is 5.97 Å². The van der Waals surface area contributed by atoms with Crippen molar-refractivity contribution in [2.45, 2.75) is 44.7 Å². The van der Waals surface area contributed by atoms with Crippen LogP contribution in [0.2, 0.25) is 0 Å². The molecule has 1 aromatic rings. The summed E-state index contributed by atoms with van der Waals surface area (Å²) in [4.78, 5) is 30.6. The number of nitrogens with zero attached hydrogens (tertiary/aromatic N) is 1. The molecule has 0 amide bonds. The minimum Gasteiger partial charge on any atom is -0.465 e. The third-order valence-corrected chi connectivity index (χ3v) is 3.92. The van der Waals surface area contributed by atoms with Gasteiger partial charge in [0.1, 0.15) is 0 Å². The smallest absolute Gasteiger partial charge is 0.316 e. The Morgan fingerprint density at radius 3 is 2.90 bits per heavy atom. The number of carbonyl (C=O) groups excluding carboxylic acids is 1. The number of H-pyrrole nitrogens is 1. The molecule has 20 heavy (non-hydrogen) atoms. The van der Waals surface area contributed by atoms with Crippen LogP contribution >= 0.6 is 11.8 Å². The topological polar surface area (TPSA) is 72.0 Å². The van der Waals surface area contributed by atoms with Crippen LogP contribution in [-0.4, -0.2) is 28.3 Å². The maximum atomic E-state index is 11.9. The summed E-state index contributed by atoms with van der Waals surface area (Å²) in [6.45, 7) is 4.40. The molecule has 0 aliphatic heterocycles. The Balaban J connectivity index is 1.95. The minimum absolute atomic E-state index is 0.0623. The molecule has 0 atom stereocenters. The van der Waals surface area contributed by atoms with Crippen molar-refractivity contribution >= 4 is 17.7 Å². The van der Waals surface area contributed by atoms with Crippen molar-refractivity contribution in [2.24, 2.45) is 5.92 Å². The van der Waals surface area contributed by atoms with E-state index in [2.05, 4.69) is 9.97 Å². The van der Waals surface area contributed by atoms with Crippen LogP contribution in [-0.2, 0) is 22.4 Å². The Hall–Kier alpha value is -1.30. The predicted molar refractivity (Wildman–Crippen MR) is 78.0 cm³/mol. The second-order valence-electron chi connectivity index (χ2n) is 5.37. The predicted octanol–water partition coefficient (Wildman–Crippen LogP) is 1.94. The number of nitrogens with one attached hydrogen (secondary N) is 1. The van der Waals surface area contributed by atoms with Gasteiger partial charge in [0.25, 0.3) is 5.56 Å². The zero-order valence-corrected chi connectivity index (χ0v) is 12.7. The molecular weight excluding hydrogens is 276 g/mol. The number of esters is 1. The SMILES string of the molecule is CC(C)COC(=O)CSc1nc2c(c(=O)[nH]1)CCCC2. The van der Waals surface area contributed by atoms with Gasteiger partial charge in [-0.2, -0.15) is 0 Å². The van der Waals surface area contributed by atoms with Crippen molar-refractivity contribution in [2.75, 3.05) is 12.4 Å². The normalized spacial score (nSPS) is 14.2. The highest BCUT2D eigenvalue weighted by molar-refractivity contribution is 7.99. The number of hydrogen-bond donors (Lipinski definition) is 1. The maximum Gasteiger partial charge on any atom is 0.316 e. The summed E-state index contributed by atoms with van der Waals surface area (Å²) in [5, 5.41) is 0.511. The number of carbonyl (C=O) groups is 1. The minimum atomic E-state index is -0.274. The van der Waals surface area contributed by atoms with Crippen LogP contribution in [0.15, 0.2) is 9.95 Å². The summed E-state index contributed by atoms with van der Waals surface area (Å²) < 4.78 is 5.09. The molecule has 1 aromatic heterocycles. The highest BCUT2D eigenvalue weighted by Crippen LogP contribution is 2.19. The lowest BCUT2D eigenvalue weighted by Gasteiger charge is -2.14. The van der Waals surface area contributed by atoms with E-state index < -0.39 is 0 Å². The molecule has 110 valence electrons. The summed E-state index contributed by atoms with van der Waals surface area (Å²) in [5.41, 5.74) is 1.63. The lowest BCUT2D eigenvalue weighted by atomic mass is 9.97. The molecular formula is C14H20N2O3S. The number of rotatable bonds is 5. The van der Waals surface area contributed by atoms with Crippen molar-refractivity contribution in [3.8, 4) is 0 Å². The summed E-state index contributed by atoms with van der Waals surface area (Å²) in [6.07, 6.45) is 3.78. The van der Waals surface area contributed by atoms with Crippen LogP contribution in [0.5, 0.6) is 0 Å². The molecule has 1 N–H and O–H groups in total. The molecule has 0 saturated heterocycles. The fourth-order valence-corrected chi connectivity index (χ4v) is 2.75. The summed E-state index contributed by atoms with van der Waals surface area (Å²) in [6, 6.07) is 0. The van der Waals surface area contributed by atoms with Crippen molar-refractivity contribution in [1.82, 2.24) is 9.97 Å². The van der Waals surface area contributed by atoms with Crippen LogP contribution in [0.1, 0.15) is 37.9 Å². The summed E-state index contributed by atoms with van der Waals surface area (Å²) >= 11 is 1.23. The molecule has 0 aromatic carbocycles. The maximum absolute atomic E-state index is 11.9. The van der Waals surface area contributed by atoms with Gasteiger partial charge in [-0.15, -0.1) is 0 Å². The number of fused-ring (bicyclic) bond motifs is 1. The van der Waals surface area contributed by atoms with Gasteiger partial charge in [-0.05, 0) is 31.6 Å². The average molecular weight is 296 g/mol. The number of aromatic amines is 1. The van der Waals surface area contributed by atoms with Crippen LogP contribution in [0.3, 0.4) is 0 Å². The van der Waals surface area contributed by atoms with Crippen LogP contribution < -0.4 is 5.56 Å². The first-order chi connectivity index (χ1) is 9.56. The molecule has 0 bridgehead atoms. The largest absolute Gasteiger partial charge is 0.465 e. The number of thioether (sulfide) groups is 1. The Morgan fingerprint density at radius 2 is 2.15 bits per heavy atom. The highest BCUT2D eigenvalue weighted by Gasteiger charge is 2.16. The first-order valence-electron chi connectivity index (χ1n) is 6.96. The van der Waals surface area contributed by atoms with Crippen LogP contribution in [0.25, 0.3) is 0 Å². The molecule has 0 fully saturated rings. The first kappa shape index (κ1) is 15.1. The number of ether oxygens (including phenoxy) is 1. The van der Waals surface area contributed by atoms with E-state index in [4.69, 9.17) is 4.74 Å². The Kier molecular flexibility index (Phi) is 5.23. The third-order valence-electron chi connectivity index (χ3n) is 3.07. The van der Waals surface area contributed by atoms with E-state index in [0.717, 1.165) is 36.9 Å². The third kappa shape index (κ3) is 4.10. The fraction of sp³-hybridized carbons (Fsp3) is 0.643. The number of hydrogen-bond acceptors (Lipinski definition) is 5. The molecule has 0 spiro atoms. The van der Waals surface area contributed by atoms with Gasteiger partial charge in [0, 0.05) is 5.56 Å². The quantitative estimate of drug-likeness (QED) is 0.511. The monoisotopic (exact) mass is 296 g/mol. The molecule has 1 aliphatic carbocycles. The van der Waals surface area contributed by atoms with Crippen molar-refractivity contribution in [3.05, 3.63) is 21.6 Å². The van der Waals surface area contributed by atoms with Crippen LogP contribution in [0.4, 0.5) is 0 Å². The zero-order chi connectivity index (χ0) is 14.5. The number of aryl methyl sites for hydroxylation is 1. The van der Waals surface area contributed by atoms with E-state index in [-0.39, 0.29) is 17.3 Å². The lowest BCUT2D eigenvalue weighted by Crippen LogP contribution is -2.22. The first-order valence-corrected chi connectivity index (χ1v) is 7.95. The molecule has 1 heterocycles. The van der Waals surface area contributed by atoms with Gasteiger partial charge in [0.05, 0.1) is 18.1 Å². The van der Waals surface area contributed by atoms with Gasteiger partial charge in [-0.25, -0.2) is 4.98 Å². The van der Waals surface area contributed by atoms with Crippen molar-refractivity contribution < 1.29 is 9.53 Å². The second kappa shape index (κ2) is 6.92. The molecule has 0 unspecified atom stereocenters.